The van der Waals surface area contributed by atoms with E-state index in [1.807, 2.05) is 13.8 Å². The van der Waals surface area contributed by atoms with Gasteiger partial charge in [0.25, 0.3) is 0 Å². The van der Waals surface area contributed by atoms with Crippen LogP contribution in [0.15, 0.2) is 4.52 Å². The Morgan fingerprint density at radius 2 is 2.06 bits per heavy atom. The summed E-state index contributed by atoms with van der Waals surface area (Å²) < 4.78 is 5.13. The zero-order valence-electron chi connectivity index (χ0n) is 9.45. The van der Waals surface area contributed by atoms with Crippen molar-refractivity contribution in [2.24, 2.45) is 0 Å². The second kappa shape index (κ2) is 3.99. The van der Waals surface area contributed by atoms with Crippen molar-refractivity contribution in [3.05, 3.63) is 27.9 Å². The van der Waals surface area contributed by atoms with Gasteiger partial charge in [-0.05, 0) is 13.8 Å². The highest BCUT2D eigenvalue weighted by atomic mass is 35.5. The van der Waals surface area contributed by atoms with E-state index in [-0.39, 0.29) is 0 Å². The molecule has 0 spiro atoms. The highest BCUT2D eigenvalue weighted by Gasteiger charge is 2.22. The summed E-state index contributed by atoms with van der Waals surface area (Å²) in [5.41, 5.74) is 3.74. The SMILES string of the molecule is Cc1noc(C)c1-c1nc(Cl)c2c(n1)CSC2. The van der Waals surface area contributed by atoms with Crippen LogP contribution in [0.3, 0.4) is 0 Å². The molecule has 3 rings (SSSR count). The van der Waals surface area contributed by atoms with Gasteiger partial charge in [-0.1, -0.05) is 16.8 Å². The molecule has 2 aromatic rings. The predicted octanol–water partition coefficient (Wildman–Crippen LogP) is 3.15. The molecule has 1 aliphatic heterocycles. The molecule has 2 aromatic heterocycles. The smallest absolute Gasteiger partial charge is 0.166 e. The molecule has 0 saturated carbocycles. The van der Waals surface area contributed by atoms with E-state index in [1.165, 1.54) is 0 Å². The highest BCUT2D eigenvalue weighted by Crippen LogP contribution is 2.35. The van der Waals surface area contributed by atoms with Crippen LogP contribution in [0, 0.1) is 13.8 Å². The van der Waals surface area contributed by atoms with Crippen LogP contribution < -0.4 is 0 Å². The van der Waals surface area contributed by atoms with Gasteiger partial charge in [0.15, 0.2) is 5.82 Å². The Bertz CT molecular complexity index is 577. The Morgan fingerprint density at radius 3 is 2.76 bits per heavy atom. The van der Waals surface area contributed by atoms with E-state index < -0.39 is 0 Å². The molecule has 0 fully saturated rings. The molecule has 4 nitrogen and oxygen atoms in total. The van der Waals surface area contributed by atoms with Crippen LogP contribution in [-0.2, 0) is 11.5 Å². The van der Waals surface area contributed by atoms with Crippen molar-refractivity contribution in [2.75, 3.05) is 0 Å². The largest absolute Gasteiger partial charge is 0.361 e. The van der Waals surface area contributed by atoms with Crippen LogP contribution in [0.1, 0.15) is 22.7 Å². The molecule has 0 aromatic carbocycles. The molecule has 0 N–H and O–H groups in total. The Kier molecular flexibility index (Phi) is 2.60. The van der Waals surface area contributed by atoms with Crippen LogP contribution in [0.25, 0.3) is 11.4 Å². The summed E-state index contributed by atoms with van der Waals surface area (Å²) in [6.45, 7) is 3.74. The number of rotatable bonds is 1. The maximum atomic E-state index is 6.18. The fraction of sp³-hybridized carbons (Fsp3) is 0.364. The lowest BCUT2D eigenvalue weighted by atomic mass is 10.2. The van der Waals surface area contributed by atoms with Crippen LogP contribution >= 0.6 is 23.4 Å². The third kappa shape index (κ3) is 1.73. The number of thioether (sulfide) groups is 1. The second-order valence-corrected chi connectivity index (χ2v) is 5.30. The van der Waals surface area contributed by atoms with E-state index in [2.05, 4.69) is 15.1 Å². The van der Waals surface area contributed by atoms with Crippen molar-refractivity contribution in [1.29, 1.82) is 0 Å². The van der Waals surface area contributed by atoms with Gasteiger partial charge in [-0.3, -0.25) is 0 Å². The van der Waals surface area contributed by atoms with Crippen LogP contribution in [0.2, 0.25) is 5.15 Å². The van der Waals surface area contributed by atoms with E-state index >= 15 is 0 Å². The van der Waals surface area contributed by atoms with E-state index in [9.17, 15) is 0 Å². The van der Waals surface area contributed by atoms with Crippen LogP contribution in [-0.4, -0.2) is 15.1 Å². The van der Waals surface area contributed by atoms with E-state index in [0.29, 0.717) is 11.0 Å². The Balaban J connectivity index is 2.20. The molecule has 0 unspecified atom stereocenters. The topological polar surface area (TPSA) is 51.8 Å². The predicted molar refractivity (Wildman–Crippen MR) is 67.0 cm³/mol. The maximum Gasteiger partial charge on any atom is 0.166 e. The van der Waals surface area contributed by atoms with Crippen LogP contribution in [0.4, 0.5) is 0 Å². The van der Waals surface area contributed by atoms with Crippen molar-refractivity contribution < 1.29 is 4.52 Å². The van der Waals surface area contributed by atoms with Crippen molar-refractivity contribution in [1.82, 2.24) is 15.1 Å². The van der Waals surface area contributed by atoms with Crippen molar-refractivity contribution >= 4 is 23.4 Å². The van der Waals surface area contributed by atoms with Gasteiger partial charge in [0.2, 0.25) is 0 Å². The molecule has 0 atom stereocenters. The van der Waals surface area contributed by atoms with Crippen molar-refractivity contribution in [3.63, 3.8) is 0 Å². The molecule has 3 heterocycles. The number of hydrogen-bond acceptors (Lipinski definition) is 5. The first kappa shape index (κ1) is 11.0. The van der Waals surface area contributed by atoms with Gasteiger partial charge in [0.05, 0.1) is 17.0 Å². The van der Waals surface area contributed by atoms with Gasteiger partial charge >= 0.3 is 0 Å². The molecule has 6 heteroatoms. The molecular weight excluding hydrogens is 258 g/mol. The maximum absolute atomic E-state index is 6.18. The average molecular weight is 268 g/mol. The van der Waals surface area contributed by atoms with Crippen molar-refractivity contribution in [3.8, 4) is 11.4 Å². The number of nitrogens with zero attached hydrogens (tertiary/aromatic N) is 3. The third-order valence-electron chi connectivity index (χ3n) is 2.78. The fourth-order valence-corrected chi connectivity index (χ4v) is 3.30. The molecule has 88 valence electrons. The van der Waals surface area contributed by atoms with E-state index in [0.717, 1.165) is 39.8 Å². The monoisotopic (exact) mass is 267 g/mol. The number of fused-ring (bicyclic) bond motifs is 1. The zero-order valence-corrected chi connectivity index (χ0v) is 11.0. The quantitative estimate of drug-likeness (QED) is 0.743. The molecular formula is C11H10ClN3OS. The minimum atomic E-state index is 0.551. The normalized spacial score (nSPS) is 14.1. The molecule has 1 aliphatic rings. The molecule has 0 saturated heterocycles. The lowest BCUT2D eigenvalue weighted by molar-refractivity contribution is 0.393. The van der Waals surface area contributed by atoms with Gasteiger partial charge < -0.3 is 4.52 Å². The van der Waals surface area contributed by atoms with E-state index in [1.54, 1.807) is 11.8 Å². The lowest BCUT2D eigenvalue weighted by Crippen LogP contribution is -1.98. The van der Waals surface area contributed by atoms with Gasteiger partial charge in [0, 0.05) is 17.1 Å². The molecule has 0 aliphatic carbocycles. The summed E-state index contributed by atoms with van der Waals surface area (Å²) in [4.78, 5) is 8.91. The summed E-state index contributed by atoms with van der Waals surface area (Å²) in [6.07, 6.45) is 0. The van der Waals surface area contributed by atoms with Crippen LogP contribution in [0.5, 0.6) is 0 Å². The first-order chi connectivity index (χ1) is 8.16. The van der Waals surface area contributed by atoms with Gasteiger partial charge in [-0.25, -0.2) is 9.97 Å². The minimum Gasteiger partial charge on any atom is -0.361 e. The second-order valence-electron chi connectivity index (χ2n) is 3.96. The highest BCUT2D eigenvalue weighted by molar-refractivity contribution is 7.98. The zero-order chi connectivity index (χ0) is 12.0. The molecule has 0 amide bonds. The molecule has 17 heavy (non-hydrogen) atoms. The van der Waals surface area contributed by atoms with Gasteiger partial charge in [0.1, 0.15) is 10.9 Å². The number of aromatic nitrogens is 3. The van der Waals surface area contributed by atoms with Gasteiger partial charge in [-0.15, -0.1) is 0 Å². The summed E-state index contributed by atoms with van der Waals surface area (Å²) in [5.74, 6) is 3.14. The standard InChI is InChI=1S/C11H10ClN3OS/c1-5-9(6(2)16-15-5)11-13-8-4-17-3-7(8)10(12)14-11/h3-4H2,1-2H3. The molecule has 0 radical (unpaired) electrons. The summed E-state index contributed by atoms with van der Waals surface area (Å²) in [6, 6.07) is 0. The Labute approximate surface area is 108 Å². The number of halogens is 1. The Hall–Kier alpha value is -1.07. The van der Waals surface area contributed by atoms with E-state index in [4.69, 9.17) is 16.1 Å². The average Bonchev–Trinajstić information content (AvgIpc) is 2.86. The fourth-order valence-electron chi connectivity index (χ4n) is 1.93. The summed E-state index contributed by atoms with van der Waals surface area (Å²) >= 11 is 7.99. The minimum absolute atomic E-state index is 0.551. The number of hydrogen-bond donors (Lipinski definition) is 0. The third-order valence-corrected chi connectivity index (χ3v) is 4.07. The van der Waals surface area contributed by atoms with Crippen molar-refractivity contribution in [2.45, 2.75) is 25.4 Å². The summed E-state index contributed by atoms with van der Waals surface area (Å²) in [7, 11) is 0. The molecule has 0 bridgehead atoms. The van der Waals surface area contributed by atoms with Gasteiger partial charge in [-0.2, -0.15) is 11.8 Å². The Morgan fingerprint density at radius 1 is 1.24 bits per heavy atom. The number of aryl methyl sites for hydroxylation is 2. The lowest BCUT2D eigenvalue weighted by Gasteiger charge is -2.04. The first-order valence-corrected chi connectivity index (χ1v) is 6.76. The first-order valence-electron chi connectivity index (χ1n) is 5.23. The summed E-state index contributed by atoms with van der Waals surface area (Å²) in [5, 5.41) is 4.46.